The average Bonchev–Trinajstić information content (AvgIpc) is 3.18. The Morgan fingerprint density at radius 2 is 1.96 bits per heavy atom. The third-order valence-electron chi connectivity index (χ3n) is 6.00. The van der Waals surface area contributed by atoms with Crippen molar-refractivity contribution in [2.45, 2.75) is 52.5 Å². The summed E-state index contributed by atoms with van der Waals surface area (Å²) in [6.45, 7) is 6.14. The predicted octanol–water partition coefficient (Wildman–Crippen LogP) is 2.97. The van der Waals surface area contributed by atoms with Crippen LogP contribution in [0, 0.1) is 31.6 Å². The molecule has 2 amide bonds. The summed E-state index contributed by atoms with van der Waals surface area (Å²) in [5.41, 5.74) is 2.84. The lowest BCUT2D eigenvalue weighted by molar-refractivity contribution is -0.121. The van der Waals surface area contributed by atoms with Gasteiger partial charge in [0.25, 0.3) is 5.91 Å². The second-order valence-corrected chi connectivity index (χ2v) is 7.68. The summed E-state index contributed by atoms with van der Waals surface area (Å²) in [5, 5.41) is 5.80. The molecule has 0 saturated heterocycles. The van der Waals surface area contributed by atoms with E-state index in [1.165, 1.54) is 25.7 Å². The van der Waals surface area contributed by atoms with E-state index >= 15 is 0 Å². The molecule has 4 nitrogen and oxygen atoms in total. The molecule has 4 atom stereocenters. The Morgan fingerprint density at radius 3 is 2.58 bits per heavy atom. The van der Waals surface area contributed by atoms with Crippen LogP contribution in [0.4, 0.5) is 0 Å². The number of carbonyl (C=O) groups is 2. The molecule has 0 aliphatic heterocycles. The molecule has 2 saturated carbocycles. The number of rotatable bonds is 5. The number of hydrogen-bond donors (Lipinski definition) is 2. The summed E-state index contributed by atoms with van der Waals surface area (Å²) < 4.78 is 0. The Hall–Kier alpha value is -1.84. The summed E-state index contributed by atoms with van der Waals surface area (Å²) in [5.74, 6) is 1.99. The maximum atomic E-state index is 12.2. The van der Waals surface area contributed by atoms with Crippen LogP contribution in [0.15, 0.2) is 18.2 Å². The zero-order valence-electron chi connectivity index (χ0n) is 14.9. The zero-order chi connectivity index (χ0) is 17.3. The lowest BCUT2D eigenvalue weighted by Crippen LogP contribution is -2.44. The quantitative estimate of drug-likeness (QED) is 0.873. The van der Waals surface area contributed by atoms with Gasteiger partial charge in [-0.1, -0.05) is 12.5 Å². The Labute approximate surface area is 144 Å². The van der Waals surface area contributed by atoms with Gasteiger partial charge in [0.1, 0.15) is 0 Å². The van der Waals surface area contributed by atoms with Crippen LogP contribution < -0.4 is 10.6 Å². The average molecular weight is 328 g/mol. The minimum absolute atomic E-state index is 0.0386. The fourth-order valence-corrected chi connectivity index (χ4v) is 4.46. The van der Waals surface area contributed by atoms with Gasteiger partial charge in [0.05, 0.1) is 6.54 Å². The number of nitrogens with one attached hydrogen (secondary N) is 2. The first-order valence-corrected chi connectivity index (χ1v) is 9.09. The van der Waals surface area contributed by atoms with Crippen LogP contribution in [0.5, 0.6) is 0 Å². The smallest absolute Gasteiger partial charge is 0.251 e. The van der Waals surface area contributed by atoms with Crippen LogP contribution in [-0.4, -0.2) is 24.4 Å². The van der Waals surface area contributed by atoms with Gasteiger partial charge in [-0.3, -0.25) is 9.59 Å². The highest BCUT2D eigenvalue weighted by atomic mass is 16.2. The first kappa shape index (κ1) is 17.0. The van der Waals surface area contributed by atoms with Gasteiger partial charge in [-0.2, -0.15) is 0 Å². The van der Waals surface area contributed by atoms with E-state index in [0.717, 1.165) is 23.0 Å². The monoisotopic (exact) mass is 328 g/mol. The predicted molar refractivity (Wildman–Crippen MR) is 94.8 cm³/mol. The molecule has 0 aromatic heterocycles. The van der Waals surface area contributed by atoms with Gasteiger partial charge in [0.15, 0.2) is 0 Å². The van der Waals surface area contributed by atoms with Gasteiger partial charge in [-0.15, -0.1) is 0 Å². The lowest BCUT2D eigenvalue weighted by Gasteiger charge is -2.28. The number of amides is 2. The second-order valence-electron chi connectivity index (χ2n) is 7.68. The van der Waals surface area contributed by atoms with Crippen molar-refractivity contribution < 1.29 is 9.59 Å². The van der Waals surface area contributed by atoms with Gasteiger partial charge in [0.2, 0.25) is 5.91 Å². The number of aryl methyl sites for hydroxylation is 2. The van der Waals surface area contributed by atoms with Crippen molar-refractivity contribution in [3.8, 4) is 0 Å². The van der Waals surface area contributed by atoms with Crippen molar-refractivity contribution in [1.29, 1.82) is 0 Å². The largest absolute Gasteiger partial charge is 0.352 e. The molecular formula is C20H28N2O2. The highest BCUT2D eigenvalue weighted by Crippen LogP contribution is 2.49. The molecule has 0 spiro atoms. The van der Waals surface area contributed by atoms with Crippen LogP contribution in [0.3, 0.4) is 0 Å². The molecule has 0 heterocycles. The second kappa shape index (κ2) is 6.96. The van der Waals surface area contributed by atoms with E-state index in [2.05, 4.69) is 17.6 Å². The third kappa shape index (κ3) is 3.63. The first-order chi connectivity index (χ1) is 11.4. The fourth-order valence-electron chi connectivity index (χ4n) is 4.46. The van der Waals surface area contributed by atoms with Crippen molar-refractivity contribution in [2.75, 3.05) is 6.54 Å². The molecule has 2 bridgehead atoms. The number of hydrogen-bond acceptors (Lipinski definition) is 2. The van der Waals surface area contributed by atoms with Gasteiger partial charge in [0, 0.05) is 11.6 Å². The summed E-state index contributed by atoms with van der Waals surface area (Å²) in [6.07, 6.45) is 5.28. The van der Waals surface area contributed by atoms with Crippen molar-refractivity contribution in [3.05, 3.63) is 34.9 Å². The molecule has 1 aromatic carbocycles. The summed E-state index contributed by atoms with van der Waals surface area (Å²) in [7, 11) is 0. The molecule has 4 heteroatoms. The lowest BCUT2D eigenvalue weighted by atomic mass is 9.84. The summed E-state index contributed by atoms with van der Waals surface area (Å²) in [4.78, 5) is 24.3. The molecule has 4 unspecified atom stereocenters. The molecule has 1 aromatic rings. The molecule has 2 aliphatic carbocycles. The minimum Gasteiger partial charge on any atom is -0.352 e. The molecule has 0 radical (unpaired) electrons. The topological polar surface area (TPSA) is 58.2 Å². The van der Waals surface area contributed by atoms with Gasteiger partial charge in [-0.05, 0) is 81.0 Å². The molecule has 2 fully saturated rings. The van der Waals surface area contributed by atoms with Crippen molar-refractivity contribution in [3.63, 3.8) is 0 Å². The highest BCUT2D eigenvalue weighted by Gasteiger charge is 2.42. The zero-order valence-corrected chi connectivity index (χ0v) is 14.9. The molecular weight excluding hydrogens is 300 g/mol. The SMILES string of the molecule is Cc1ccc(C(=O)NCC(=O)NC(C)C2CC3CCC2C3)cc1C. The van der Waals surface area contributed by atoms with E-state index in [0.29, 0.717) is 11.5 Å². The van der Waals surface area contributed by atoms with Crippen LogP contribution in [-0.2, 0) is 4.79 Å². The van der Waals surface area contributed by atoms with Crippen molar-refractivity contribution >= 4 is 11.8 Å². The highest BCUT2D eigenvalue weighted by molar-refractivity contribution is 5.96. The summed E-state index contributed by atoms with van der Waals surface area (Å²) in [6, 6.07) is 5.79. The van der Waals surface area contributed by atoms with Crippen LogP contribution in [0.2, 0.25) is 0 Å². The minimum atomic E-state index is -0.194. The van der Waals surface area contributed by atoms with E-state index < -0.39 is 0 Å². The molecule has 2 N–H and O–H groups in total. The maximum absolute atomic E-state index is 12.2. The van der Waals surface area contributed by atoms with Crippen LogP contribution in [0.25, 0.3) is 0 Å². The number of fused-ring (bicyclic) bond motifs is 2. The van der Waals surface area contributed by atoms with E-state index in [1.807, 2.05) is 26.0 Å². The maximum Gasteiger partial charge on any atom is 0.251 e. The van der Waals surface area contributed by atoms with E-state index in [9.17, 15) is 9.59 Å². The Bertz CT molecular complexity index is 641. The van der Waals surface area contributed by atoms with Gasteiger partial charge >= 0.3 is 0 Å². The number of benzene rings is 1. The Kier molecular flexibility index (Phi) is 4.93. The van der Waals surface area contributed by atoms with E-state index in [1.54, 1.807) is 6.07 Å². The molecule has 130 valence electrons. The molecule has 2 aliphatic rings. The van der Waals surface area contributed by atoms with Crippen molar-refractivity contribution in [2.24, 2.45) is 17.8 Å². The third-order valence-corrected chi connectivity index (χ3v) is 6.00. The van der Waals surface area contributed by atoms with Gasteiger partial charge < -0.3 is 10.6 Å². The van der Waals surface area contributed by atoms with Crippen molar-refractivity contribution in [1.82, 2.24) is 10.6 Å². The first-order valence-electron chi connectivity index (χ1n) is 9.09. The van der Waals surface area contributed by atoms with E-state index in [4.69, 9.17) is 0 Å². The van der Waals surface area contributed by atoms with Crippen LogP contribution >= 0.6 is 0 Å². The standard InChI is InChI=1S/C20H28N2O2/c1-12-4-6-17(8-13(12)2)20(24)21-11-19(23)22-14(3)18-10-15-5-7-16(18)9-15/h4,6,8,14-16,18H,5,7,9-11H2,1-3H3,(H,21,24)(H,22,23). The number of carbonyl (C=O) groups excluding carboxylic acids is 2. The normalized spacial score (nSPS) is 26.2. The molecule has 3 rings (SSSR count). The van der Waals surface area contributed by atoms with Gasteiger partial charge in [-0.25, -0.2) is 0 Å². The van der Waals surface area contributed by atoms with E-state index in [-0.39, 0.29) is 24.4 Å². The Morgan fingerprint density at radius 1 is 1.17 bits per heavy atom. The molecule has 24 heavy (non-hydrogen) atoms. The summed E-state index contributed by atoms with van der Waals surface area (Å²) >= 11 is 0. The fraction of sp³-hybridized carbons (Fsp3) is 0.600. The van der Waals surface area contributed by atoms with Crippen LogP contribution in [0.1, 0.15) is 54.1 Å². The Balaban J connectivity index is 1.46.